The van der Waals surface area contributed by atoms with Crippen molar-refractivity contribution in [2.45, 2.75) is 6.92 Å². The number of anilines is 1. The van der Waals surface area contributed by atoms with Crippen LogP contribution in [0.2, 0.25) is 0 Å². The number of benzene rings is 1. The van der Waals surface area contributed by atoms with Crippen LogP contribution in [0.25, 0.3) is 0 Å². The maximum absolute atomic E-state index is 13.2. The van der Waals surface area contributed by atoms with Gasteiger partial charge in [0.25, 0.3) is 0 Å². The molecular formula is C9H9BrFNO2. The topological polar surface area (TPSA) is 52.3 Å². The molecule has 0 heterocycles. The van der Waals surface area contributed by atoms with Crippen molar-refractivity contribution in [1.29, 1.82) is 0 Å². The van der Waals surface area contributed by atoms with Gasteiger partial charge in [0.05, 0.1) is 12.3 Å². The van der Waals surface area contributed by atoms with Crippen molar-refractivity contribution in [2.75, 3.05) is 12.3 Å². The molecule has 0 amide bonds. The number of rotatable bonds is 2. The van der Waals surface area contributed by atoms with Crippen LogP contribution in [0, 0.1) is 5.82 Å². The fourth-order valence-electron chi connectivity index (χ4n) is 0.978. The molecule has 0 unspecified atom stereocenters. The first-order valence-electron chi connectivity index (χ1n) is 3.98. The van der Waals surface area contributed by atoms with E-state index in [-0.39, 0.29) is 17.9 Å². The molecule has 0 aliphatic heterocycles. The molecule has 0 atom stereocenters. The van der Waals surface area contributed by atoms with Gasteiger partial charge in [-0.2, -0.15) is 0 Å². The van der Waals surface area contributed by atoms with E-state index in [1.165, 1.54) is 6.07 Å². The number of halogens is 2. The highest BCUT2D eigenvalue weighted by molar-refractivity contribution is 9.10. The van der Waals surface area contributed by atoms with Crippen molar-refractivity contribution < 1.29 is 13.9 Å². The second kappa shape index (κ2) is 4.41. The van der Waals surface area contributed by atoms with Gasteiger partial charge in [-0.25, -0.2) is 9.18 Å². The second-order valence-electron chi connectivity index (χ2n) is 2.54. The summed E-state index contributed by atoms with van der Waals surface area (Å²) in [6.07, 6.45) is 0. The lowest BCUT2D eigenvalue weighted by Crippen LogP contribution is -2.10. The van der Waals surface area contributed by atoms with E-state index in [1.807, 2.05) is 0 Å². The van der Waals surface area contributed by atoms with Crippen LogP contribution in [0.4, 0.5) is 10.1 Å². The maximum Gasteiger partial charge on any atom is 0.343 e. The van der Waals surface area contributed by atoms with E-state index in [4.69, 9.17) is 5.73 Å². The van der Waals surface area contributed by atoms with E-state index in [9.17, 15) is 9.18 Å². The highest BCUT2D eigenvalue weighted by Gasteiger charge is 2.18. The average molecular weight is 262 g/mol. The third-order valence-corrected chi connectivity index (χ3v) is 2.31. The van der Waals surface area contributed by atoms with Gasteiger partial charge in [-0.1, -0.05) is 0 Å². The van der Waals surface area contributed by atoms with Gasteiger partial charge in [-0.3, -0.25) is 0 Å². The molecule has 0 aromatic heterocycles. The third-order valence-electron chi connectivity index (χ3n) is 1.62. The molecule has 14 heavy (non-hydrogen) atoms. The van der Waals surface area contributed by atoms with Crippen LogP contribution in [0.5, 0.6) is 0 Å². The Hall–Kier alpha value is -1.10. The molecule has 0 fully saturated rings. The Labute approximate surface area is 89.2 Å². The van der Waals surface area contributed by atoms with Crippen LogP contribution in [0.1, 0.15) is 17.3 Å². The molecule has 0 aliphatic carbocycles. The summed E-state index contributed by atoms with van der Waals surface area (Å²) < 4.78 is 18.3. The van der Waals surface area contributed by atoms with Gasteiger partial charge in [0.1, 0.15) is 11.4 Å². The van der Waals surface area contributed by atoms with Crippen molar-refractivity contribution in [3.63, 3.8) is 0 Å². The minimum atomic E-state index is -0.746. The number of carbonyl (C=O) groups is 1. The van der Waals surface area contributed by atoms with E-state index < -0.39 is 11.8 Å². The predicted octanol–water partition coefficient (Wildman–Crippen LogP) is 2.35. The van der Waals surface area contributed by atoms with Gasteiger partial charge >= 0.3 is 5.97 Å². The Bertz CT molecular complexity index is 368. The predicted molar refractivity (Wildman–Crippen MR) is 54.5 cm³/mol. The van der Waals surface area contributed by atoms with Gasteiger partial charge in [0.15, 0.2) is 0 Å². The normalized spacial score (nSPS) is 9.93. The lowest BCUT2D eigenvalue weighted by Gasteiger charge is -2.07. The summed E-state index contributed by atoms with van der Waals surface area (Å²) in [5.74, 6) is -1.42. The number of esters is 1. The van der Waals surface area contributed by atoms with Crippen LogP contribution >= 0.6 is 15.9 Å². The van der Waals surface area contributed by atoms with Gasteiger partial charge in [-0.05, 0) is 35.0 Å². The van der Waals surface area contributed by atoms with E-state index in [2.05, 4.69) is 20.7 Å². The molecule has 0 bridgehead atoms. The summed E-state index contributed by atoms with van der Waals surface area (Å²) in [5, 5.41) is 0. The quantitative estimate of drug-likeness (QED) is 0.657. The summed E-state index contributed by atoms with van der Waals surface area (Å²) in [6, 6.07) is 2.60. The number of ether oxygens (including phenoxy) is 1. The SMILES string of the molecule is CCOC(=O)c1c(F)ccc(Br)c1N. The lowest BCUT2D eigenvalue weighted by atomic mass is 10.2. The van der Waals surface area contributed by atoms with Crippen molar-refractivity contribution in [1.82, 2.24) is 0 Å². The minimum absolute atomic E-state index is 0.0588. The molecule has 5 heteroatoms. The number of nitrogen functional groups attached to an aromatic ring is 1. The molecule has 76 valence electrons. The fraction of sp³-hybridized carbons (Fsp3) is 0.222. The van der Waals surface area contributed by atoms with Crippen molar-refractivity contribution in [3.8, 4) is 0 Å². The van der Waals surface area contributed by atoms with Crippen LogP contribution in [-0.2, 0) is 4.74 Å². The Morgan fingerprint density at radius 1 is 1.64 bits per heavy atom. The second-order valence-corrected chi connectivity index (χ2v) is 3.39. The first-order chi connectivity index (χ1) is 6.57. The van der Waals surface area contributed by atoms with E-state index >= 15 is 0 Å². The summed E-state index contributed by atoms with van der Waals surface area (Å²) >= 11 is 3.10. The molecule has 3 nitrogen and oxygen atoms in total. The largest absolute Gasteiger partial charge is 0.462 e. The van der Waals surface area contributed by atoms with Gasteiger partial charge in [0.2, 0.25) is 0 Å². The highest BCUT2D eigenvalue weighted by Crippen LogP contribution is 2.26. The Kier molecular flexibility index (Phi) is 3.46. The monoisotopic (exact) mass is 261 g/mol. The zero-order chi connectivity index (χ0) is 10.7. The molecule has 0 saturated heterocycles. The Morgan fingerprint density at radius 3 is 2.86 bits per heavy atom. The third kappa shape index (κ3) is 2.04. The highest BCUT2D eigenvalue weighted by atomic mass is 79.9. The Balaban J connectivity index is 3.18. The van der Waals surface area contributed by atoms with Crippen LogP contribution in [0.15, 0.2) is 16.6 Å². The standard InChI is InChI=1S/C9H9BrFNO2/c1-2-14-9(13)7-6(11)4-3-5(10)8(7)12/h3-4H,2,12H2,1H3. The average Bonchev–Trinajstić information content (AvgIpc) is 2.13. The van der Waals surface area contributed by atoms with Gasteiger partial charge < -0.3 is 10.5 Å². The van der Waals surface area contributed by atoms with Crippen LogP contribution in [0.3, 0.4) is 0 Å². The molecule has 0 saturated carbocycles. The van der Waals surface area contributed by atoms with E-state index in [0.717, 1.165) is 6.07 Å². The molecule has 2 N–H and O–H groups in total. The van der Waals surface area contributed by atoms with E-state index in [1.54, 1.807) is 6.92 Å². The molecular weight excluding hydrogens is 253 g/mol. The Morgan fingerprint density at radius 2 is 2.29 bits per heavy atom. The van der Waals surface area contributed by atoms with Crippen molar-refractivity contribution in [2.24, 2.45) is 0 Å². The van der Waals surface area contributed by atoms with Gasteiger partial charge in [0, 0.05) is 4.47 Å². The minimum Gasteiger partial charge on any atom is -0.462 e. The molecule has 1 aromatic rings. The smallest absolute Gasteiger partial charge is 0.343 e. The summed E-state index contributed by atoms with van der Waals surface area (Å²) in [4.78, 5) is 11.3. The van der Waals surface area contributed by atoms with E-state index in [0.29, 0.717) is 4.47 Å². The van der Waals surface area contributed by atoms with Crippen molar-refractivity contribution in [3.05, 3.63) is 28.0 Å². The van der Waals surface area contributed by atoms with Crippen LogP contribution < -0.4 is 5.73 Å². The molecule has 1 rings (SSSR count). The number of carbonyl (C=O) groups excluding carboxylic acids is 1. The molecule has 0 radical (unpaired) electrons. The lowest BCUT2D eigenvalue weighted by molar-refractivity contribution is 0.0522. The first kappa shape index (κ1) is 11.0. The van der Waals surface area contributed by atoms with Gasteiger partial charge in [-0.15, -0.1) is 0 Å². The number of hydrogen-bond donors (Lipinski definition) is 1. The molecule has 0 aliphatic rings. The van der Waals surface area contributed by atoms with Crippen LogP contribution in [-0.4, -0.2) is 12.6 Å². The zero-order valence-electron chi connectivity index (χ0n) is 7.51. The first-order valence-corrected chi connectivity index (χ1v) is 4.77. The number of nitrogens with two attached hydrogens (primary N) is 1. The molecule has 0 spiro atoms. The molecule has 1 aromatic carbocycles. The summed E-state index contributed by atoms with van der Waals surface area (Å²) in [6.45, 7) is 1.83. The van der Waals surface area contributed by atoms with Crippen molar-refractivity contribution >= 4 is 27.6 Å². The summed E-state index contributed by atoms with van der Waals surface area (Å²) in [5.41, 5.74) is 5.36. The fourth-order valence-corrected chi connectivity index (χ4v) is 1.31. The summed E-state index contributed by atoms with van der Waals surface area (Å²) in [7, 11) is 0. The maximum atomic E-state index is 13.2. The zero-order valence-corrected chi connectivity index (χ0v) is 9.10. The number of hydrogen-bond acceptors (Lipinski definition) is 3.